The normalized spacial score (nSPS) is 14.2. The van der Waals surface area contributed by atoms with E-state index in [0.29, 0.717) is 19.7 Å². The number of cyclic esters (lactones) is 1. The second kappa shape index (κ2) is 5.56. The first-order valence-electron chi connectivity index (χ1n) is 6.36. The van der Waals surface area contributed by atoms with E-state index in [-0.39, 0.29) is 6.09 Å². The minimum absolute atomic E-state index is 0.295. The van der Waals surface area contributed by atoms with E-state index in [1.54, 1.807) is 23.5 Å². The Morgan fingerprint density at radius 3 is 3.05 bits per heavy atom. The summed E-state index contributed by atoms with van der Waals surface area (Å²) in [5, 5.41) is 3.26. The zero-order valence-electron chi connectivity index (χ0n) is 10.8. The predicted molar refractivity (Wildman–Crippen MR) is 74.5 cm³/mol. The van der Waals surface area contributed by atoms with Crippen LogP contribution in [0, 0.1) is 0 Å². The van der Waals surface area contributed by atoms with E-state index < -0.39 is 0 Å². The largest absolute Gasteiger partial charge is 0.447 e. The zero-order valence-corrected chi connectivity index (χ0v) is 10.8. The first kappa shape index (κ1) is 12.4. The van der Waals surface area contributed by atoms with Crippen LogP contribution in [0.3, 0.4) is 0 Å². The zero-order chi connectivity index (χ0) is 13.8. The summed E-state index contributed by atoms with van der Waals surface area (Å²) in [4.78, 5) is 21.4. The molecule has 20 heavy (non-hydrogen) atoms. The lowest BCUT2D eigenvalue weighted by Crippen LogP contribution is -2.23. The Morgan fingerprint density at radius 1 is 1.35 bits per heavy atom. The molecule has 0 atom stereocenters. The molecule has 1 aromatic heterocycles. The van der Waals surface area contributed by atoms with E-state index in [1.807, 2.05) is 24.3 Å². The molecule has 1 N–H and O–H groups in total. The Labute approximate surface area is 116 Å². The number of hydrogen-bond acceptors (Lipinski definition) is 5. The maximum atomic E-state index is 11.5. The standard InChI is InChI=1S/C14H14N4O2/c19-14-18(6-7-20-14)13-3-1-2-11(8-13)17-10-12-9-15-4-5-16-12/h1-5,8-9,17H,6-7,10H2. The van der Waals surface area contributed by atoms with E-state index in [9.17, 15) is 4.79 Å². The molecular weight excluding hydrogens is 256 g/mol. The molecule has 0 aliphatic carbocycles. The van der Waals surface area contributed by atoms with Gasteiger partial charge in [-0.25, -0.2) is 4.79 Å². The Kier molecular flexibility index (Phi) is 3.45. The van der Waals surface area contributed by atoms with Gasteiger partial charge in [0.05, 0.1) is 25.0 Å². The molecule has 0 unspecified atom stereocenters. The number of carbonyl (C=O) groups is 1. The minimum Gasteiger partial charge on any atom is -0.447 e. The maximum Gasteiger partial charge on any atom is 0.414 e. The summed E-state index contributed by atoms with van der Waals surface area (Å²) in [6.07, 6.45) is 4.72. The van der Waals surface area contributed by atoms with Crippen LogP contribution in [0.4, 0.5) is 16.2 Å². The molecular formula is C14H14N4O2. The number of rotatable bonds is 4. The van der Waals surface area contributed by atoms with Gasteiger partial charge in [0.15, 0.2) is 0 Å². The van der Waals surface area contributed by atoms with Gasteiger partial charge in [-0.3, -0.25) is 14.9 Å². The molecule has 0 saturated carbocycles. The van der Waals surface area contributed by atoms with Crippen LogP contribution >= 0.6 is 0 Å². The smallest absolute Gasteiger partial charge is 0.414 e. The molecule has 3 rings (SSSR count). The van der Waals surface area contributed by atoms with Gasteiger partial charge in [-0.1, -0.05) is 6.07 Å². The van der Waals surface area contributed by atoms with Crippen molar-refractivity contribution in [1.29, 1.82) is 0 Å². The number of nitrogens with one attached hydrogen (secondary N) is 1. The second-order valence-electron chi connectivity index (χ2n) is 4.37. The number of carbonyl (C=O) groups excluding carboxylic acids is 1. The number of ether oxygens (including phenoxy) is 1. The van der Waals surface area contributed by atoms with Gasteiger partial charge in [-0.05, 0) is 18.2 Å². The first-order valence-corrected chi connectivity index (χ1v) is 6.36. The molecule has 1 aliphatic heterocycles. The van der Waals surface area contributed by atoms with Crippen molar-refractivity contribution in [2.45, 2.75) is 6.54 Å². The van der Waals surface area contributed by atoms with Crippen molar-refractivity contribution >= 4 is 17.5 Å². The van der Waals surface area contributed by atoms with Gasteiger partial charge in [0.1, 0.15) is 6.61 Å². The maximum absolute atomic E-state index is 11.5. The number of hydrogen-bond donors (Lipinski definition) is 1. The molecule has 0 bridgehead atoms. The number of benzene rings is 1. The average Bonchev–Trinajstić information content (AvgIpc) is 2.93. The Hall–Kier alpha value is -2.63. The van der Waals surface area contributed by atoms with Gasteiger partial charge < -0.3 is 10.1 Å². The van der Waals surface area contributed by atoms with Crippen molar-refractivity contribution in [2.24, 2.45) is 0 Å². The van der Waals surface area contributed by atoms with Gasteiger partial charge in [-0.2, -0.15) is 0 Å². The van der Waals surface area contributed by atoms with Crippen molar-refractivity contribution in [2.75, 3.05) is 23.4 Å². The predicted octanol–water partition coefficient (Wildman–Crippen LogP) is 2.05. The van der Waals surface area contributed by atoms with Gasteiger partial charge in [0.25, 0.3) is 0 Å². The van der Waals surface area contributed by atoms with Crippen LogP contribution in [0.2, 0.25) is 0 Å². The van der Waals surface area contributed by atoms with E-state index in [1.165, 1.54) is 0 Å². The lowest BCUT2D eigenvalue weighted by atomic mass is 10.2. The highest BCUT2D eigenvalue weighted by atomic mass is 16.6. The number of nitrogens with zero attached hydrogens (tertiary/aromatic N) is 3. The highest BCUT2D eigenvalue weighted by molar-refractivity contribution is 5.89. The minimum atomic E-state index is -0.295. The number of anilines is 2. The third-order valence-electron chi connectivity index (χ3n) is 3.01. The number of amides is 1. The van der Waals surface area contributed by atoms with Crippen LogP contribution in [0.5, 0.6) is 0 Å². The summed E-state index contributed by atoms with van der Waals surface area (Å²) in [6.45, 7) is 1.62. The molecule has 0 spiro atoms. The fraction of sp³-hybridized carbons (Fsp3) is 0.214. The quantitative estimate of drug-likeness (QED) is 0.921. The highest BCUT2D eigenvalue weighted by Gasteiger charge is 2.23. The molecule has 1 aliphatic rings. The summed E-state index contributed by atoms with van der Waals surface area (Å²) >= 11 is 0. The Morgan fingerprint density at radius 2 is 2.30 bits per heavy atom. The fourth-order valence-electron chi connectivity index (χ4n) is 2.03. The van der Waals surface area contributed by atoms with Crippen LogP contribution in [-0.2, 0) is 11.3 Å². The summed E-state index contributed by atoms with van der Waals surface area (Å²) < 4.78 is 4.94. The van der Waals surface area contributed by atoms with Gasteiger partial charge in [-0.15, -0.1) is 0 Å². The molecule has 1 saturated heterocycles. The molecule has 1 fully saturated rings. The molecule has 2 heterocycles. The lowest BCUT2D eigenvalue weighted by Gasteiger charge is -2.14. The van der Waals surface area contributed by atoms with Crippen LogP contribution in [0.25, 0.3) is 0 Å². The van der Waals surface area contributed by atoms with Gasteiger partial charge in [0, 0.05) is 23.8 Å². The van der Waals surface area contributed by atoms with Crippen molar-refractivity contribution < 1.29 is 9.53 Å². The number of aromatic nitrogens is 2. The van der Waals surface area contributed by atoms with Crippen molar-refractivity contribution in [3.63, 3.8) is 0 Å². The topological polar surface area (TPSA) is 67.3 Å². The van der Waals surface area contributed by atoms with E-state index >= 15 is 0 Å². The van der Waals surface area contributed by atoms with Crippen molar-refractivity contribution in [3.8, 4) is 0 Å². The van der Waals surface area contributed by atoms with Crippen LogP contribution in [0.15, 0.2) is 42.9 Å². The highest BCUT2D eigenvalue weighted by Crippen LogP contribution is 2.22. The molecule has 2 aromatic rings. The van der Waals surface area contributed by atoms with Crippen LogP contribution in [-0.4, -0.2) is 29.2 Å². The summed E-state index contributed by atoms with van der Waals surface area (Å²) in [7, 11) is 0. The van der Waals surface area contributed by atoms with E-state index in [4.69, 9.17) is 4.74 Å². The average molecular weight is 270 g/mol. The van der Waals surface area contributed by atoms with E-state index in [0.717, 1.165) is 17.1 Å². The van der Waals surface area contributed by atoms with Gasteiger partial charge >= 0.3 is 6.09 Å². The van der Waals surface area contributed by atoms with E-state index in [2.05, 4.69) is 15.3 Å². The molecule has 102 valence electrons. The second-order valence-corrected chi connectivity index (χ2v) is 4.37. The summed E-state index contributed by atoms with van der Waals surface area (Å²) in [5.41, 5.74) is 2.61. The summed E-state index contributed by atoms with van der Waals surface area (Å²) in [6, 6.07) is 7.66. The SMILES string of the molecule is O=C1OCCN1c1cccc(NCc2cnccn2)c1. The monoisotopic (exact) mass is 270 g/mol. The Balaban J connectivity index is 1.70. The lowest BCUT2D eigenvalue weighted by molar-refractivity contribution is 0.181. The summed E-state index contributed by atoms with van der Waals surface area (Å²) in [5.74, 6) is 0. The first-order chi connectivity index (χ1) is 9.83. The molecule has 6 heteroatoms. The molecule has 0 radical (unpaired) electrons. The molecule has 6 nitrogen and oxygen atoms in total. The molecule has 1 amide bonds. The van der Waals surface area contributed by atoms with Crippen LogP contribution in [0.1, 0.15) is 5.69 Å². The third-order valence-corrected chi connectivity index (χ3v) is 3.01. The van der Waals surface area contributed by atoms with Crippen LogP contribution < -0.4 is 10.2 Å². The fourth-order valence-corrected chi connectivity index (χ4v) is 2.03. The molecule has 1 aromatic carbocycles. The Bertz CT molecular complexity index is 603. The van der Waals surface area contributed by atoms with Crippen molar-refractivity contribution in [3.05, 3.63) is 48.5 Å². The van der Waals surface area contributed by atoms with Gasteiger partial charge in [0.2, 0.25) is 0 Å². The third kappa shape index (κ3) is 2.69. The van der Waals surface area contributed by atoms with Crippen molar-refractivity contribution in [1.82, 2.24) is 9.97 Å².